The van der Waals surface area contributed by atoms with Crippen LogP contribution in [0.2, 0.25) is 0 Å². The Hall–Kier alpha value is -3.26. The molecule has 0 saturated carbocycles. The third-order valence-corrected chi connectivity index (χ3v) is 4.87. The number of aryl methyl sites for hydroxylation is 1. The summed E-state index contributed by atoms with van der Waals surface area (Å²) in [6.45, 7) is 2.23. The molecule has 0 bridgehead atoms. The Labute approximate surface area is 167 Å². The number of aromatic nitrogens is 2. The maximum absolute atomic E-state index is 4.91. The molecule has 2 nitrogen and oxygen atoms in total. The fourth-order valence-electron chi connectivity index (χ4n) is 3.34. The number of hydrogen-bond acceptors (Lipinski definition) is 2. The molecule has 2 heteroatoms. The van der Waals surface area contributed by atoms with Gasteiger partial charge < -0.3 is 0 Å². The lowest BCUT2D eigenvalue weighted by Crippen LogP contribution is -1.96. The normalized spacial score (nSPS) is 10.8. The second-order valence-corrected chi connectivity index (χ2v) is 7.00. The highest BCUT2D eigenvalue weighted by atomic mass is 14.9. The van der Waals surface area contributed by atoms with Gasteiger partial charge in [-0.05, 0) is 30.5 Å². The first-order chi connectivity index (χ1) is 13.8. The third kappa shape index (κ3) is 4.17. The zero-order valence-corrected chi connectivity index (χ0v) is 16.2. The van der Waals surface area contributed by atoms with Crippen LogP contribution in [0.5, 0.6) is 0 Å². The summed E-state index contributed by atoms with van der Waals surface area (Å²) in [4.78, 5) is 9.77. The van der Waals surface area contributed by atoms with Crippen molar-refractivity contribution in [1.82, 2.24) is 9.97 Å². The van der Waals surface area contributed by atoms with Crippen LogP contribution in [-0.4, -0.2) is 9.97 Å². The molecule has 4 aromatic rings. The van der Waals surface area contributed by atoms with E-state index in [1.165, 1.54) is 18.4 Å². The van der Waals surface area contributed by atoms with Crippen LogP contribution in [0.4, 0.5) is 0 Å². The van der Waals surface area contributed by atoms with Gasteiger partial charge in [0.15, 0.2) is 5.82 Å². The molecule has 0 unspecified atom stereocenters. The van der Waals surface area contributed by atoms with Gasteiger partial charge in [-0.2, -0.15) is 0 Å². The molecule has 1 aromatic heterocycles. The van der Waals surface area contributed by atoms with Crippen molar-refractivity contribution in [2.75, 3.05) is 0 Å². The maximum Gasteiger partial charge on any atom is 0.160 e. The minimum Gasteiger partial charge on any atom is -0.228 e. The number of unbranched alkanes of at least 4 members (excludes halogenated alkanes) is 1. The van der Waals surface area contributed by atoms with Gasteiger partial charge in [0.25, 0.3) is 0 Å². The van der Waals surface area contributed by atoms with Gasteiger partial charge in [-0.25, -0.2) is 9.97 Å². The Bertz CT molecular complexity index is 982. The van der Waals surface area contributed by atoms with Crippen LogP contribution in [-0.2, 0) is 6.42 Å². The van der Waals surface area contributed by atoms with Crippen molar-refractivity contribution >= 4 is 0 Å². The van der Waals surface area contributed by atoms with Crippen LogP contribution < -0.4 is 0 Å². The monoisotopic (exact) mass is 364 g/mol. The molecular weight excluding hydrogens is 340 g/mol. The van der Waals surface area contributed by atoms with Gasteiger partial charge in [-0.3, -0.25) is 0 Å². The Morgan fingerprint density at radius 1 is 0.607 bits per heavy atom. The number of nitrogens with zero attached hydrogens (tertiary/aromatic N) is 2. The molecule has 0 radical (unpaired) electrons. The van der Waals surface area contributed by atoms with Crippen LogP contribution in [0.15, 0.2) is 91.0 Å². The minimum atomic E-state index is 0.760. The lowest BCUT2D eigenvalue weighted by molar-refractivity contribution is 0.795. The maximum atomic E-state index is 4.91. The largest absolute Gasteiger partial charge is 0.228 e. The molecule has 1 heterocycles. The molecule has 138 valence electrons. The smallest absolute Gasteiger partial charge is 0.160 e. The van der Waals surface area contributed by atoms with Gasteiger partial charge in [0, 0.05) is 16.7 Å². The first-order valence-electron chi connectivity index (χ1n) is 9.93. The average molecular weight is 364 g/mol. The molecular formula is C26H24N2. The van der Waals surface area contributed by atoms with Gasteiger partial charge in [0.05, 0.1) is 11.4 Å². The zero-order valence-electron chi connectivity index (χ0n) is 16.2. The molecule has 0 aliphatic heterocycles. The van der Waals surface area contributed by atoms with Crippen molar-refractivity contribution in [1.29, 1.82) is 0 Å². The Morgan fingerprint density at radius 3 is 1.89 bits per heavy atom. The summed E-state index contributed by atoms with van der Waals surface area (Å²) in [5, 5.41) is 0. The highest BCUT2D eigenvalue weighted by Gasteiger charge is 2.10. The number of rotatable bonds is 6. The molecule has 3 aromatic carbocycles. The predicted octanol–water partition coefficient (Wildman–Crippen LogP) is 6.82. The zero-order chi connectivity index (χ0) is 19.2. The SMILES string of the molecule is CCCCc1cccc(-c2cc(-c3ccccc3)nc(-c3ccccc3)n2)c1. The van der Waals surface area contributed by atoms with Gasteiger partial charge in [0.2, 0.25) is 0 Å². The van der Waals surface area contributed by atoms with E-state index in [0.717, 1.165) is 40.3 Å². The summed E-state index contributed by atoms with van der Waals surface area (Å²) in [6, 6.07) is 31.3. The average Bonchev–Trinajstić information content (AvgIpc) is 2.79. The second-order valence-electron chi connectivity index (χ2n) is 7.00. The van der Waals surface area contributed by atoms with E-state index in [-0.39, 0.29) is 0 Å². The summed E-state index contributed by atoms with van der Waals surface area (Å²) in [5.41, 5.74) is 6.55. The molecule has 4 rings (SSSR count). The van der Waals surface area contributed by atoms with Gasteiger partial charge in [-0.1, -0.05) is 92.2 Å². The summed E-state index contributed by atoms with van der Waals surface area (Å²) >= 11 is 0. The molecule has 0 atom stereocenters. The van der Waals surface area contributed by atoms with E-state index in [1.807, 2.05) is 36.4 Å². The van der Waals surface area contributed by atoms with E-state index in [2.05, 4.69) is 61.5 Å². The predicted molar refractivity (Wildman–Crippen MR) is 117 cm³/mol. The van der Waals surface area contributed by atoms with E-state index in [0.29, 0.717) is 0 Å². The van der Waals surface area contributed by atoms with Crippen LogP contribution in [0.25, 0.3) is 33.9 Å². The van der Waals surface area contributed by atoms with Crippen LogP contribution >= 0.6 is 0 Å². The Kier molecular flexibility index (Phi) is 5.58. The fourth-order valence-corrected chi connectivity index (χ4v) is 3.34. The summed E-state index contributed by atoms with van der Waals surface area (Å²) in [5.74, 6) is 0.760. The molecule has 0 saturated heterocycles. The van der Waals surface area contributed by atoms with E-state index in [9.17, 15) is 0 Å². The molecule has 0 aliphatic carbocycles. The minimum absolute atomic E-state index is 0.760. The van der Waals surface area contributed by atoms with E-state index >= 15 is 0 Å². The molecule has 0 spiro atoms. The molecule has 28 heavy (non-hydrogen) atoms. The quantitative estimate of drug-likeness (QED) is 0.375. The molecule has 0 N–H and O–H groups in total. The first kappa shape index (κ1) is 18.1. The lowest BCUT2D eigenvalue weighted by Gasteiger charge is -2.10. The molecule has 0 aliphatic rings. The summed E-state index contributed by atoms with van der Waals surface area (Å²) in [7, 11) is 0. The molecule has 0 fully saturated rings. The van der Waals surface area contributed by atoms with E-state index in [1.54, 1.807) is 0 Å². The first-order valence-corrected chi connectivity index (χ1v) is 9.93. The highest BCUT2D eigenvalue weighted by molar-refractivity contribution is 5.71. The Balaban J connectivity index is 1.83. The van der Waals surface area contributed by atoms with Crippen molar-refractivity contribution in [3.05, 3.63) is 96.6 Å². The van der Waals surface area contributed by atoms with Gasteiger partial charge in [0.1, 0.15) is 0 Å². The lowest BCUT2D eigenvalue weighted by atomic mass is 10.0. The fraction of sp³-hybridized carbons (Fsp3) is 0.154. The van der Waals surface area contributed by atoms with E-state index in [4.69, 9.17) is 9.97 Å². The van der Waals surface area contributed by atoms with E-state index < -0.39 is 0 Å². The van der Waals surface area contributed by atoms with Gasteiger partial charge >= 0.3 is 0 Å². The third-order valence-electron chi connectivity index (χ3n) is 4.87. The van der Waals surface area contributed by atoms with Gasteiger partial charge in [-0.15, -0.1) is 0 Å². The topological polar surface area (TPSA) is 25.8 Å². The Morgan fingerprint density at radius 2 is 1.21 bits per heavy atom. The number of benzene rings is 3. The van der Waals surface area contributed by atoms with Crippen molar-refractivity contribution in [3.8, 4) is 33.9 Å². The standard InChI is InChI=1S/C26H24N2/c1-2-3-11-20-12-10-17-23(18-20)25-19-24(21-13-6-4-7-14-21)27-26(28-25)22-15-8-5-9-16-22/h4-10,12-19H,2-3,11H2,1H3. The van der Waals surface area contributed by atoms with Crippen molar-refractivity contribution in [2.24, 2.45) is 0 Å². The van der Waals surface area contributed by atoms with Crippen LogP contribution in [0, 0.1) is 0 Å². The van der Waals surface area contributed by atoms with Crippen LogP contribution in [0.3, 0.4) is 0 Å². The summed E-state index contributed by atoms with van der Waals surface area (Å²) in [6.07, 6.45) is 3.51. The van der Waals surface area contributed by atoms with Crippen molar-refractivity contribution in [3.63, 3.8) is 0 Å². The van der Waals surface area contributed by atoms with Crippen molar-refractivity contribution in [2.45, 2.75) is 26.2 Å². The number of hydrogen-bond donors (Lipinski definition) is 0. The second kappa shape index (κ2) is 8.62. The summed E-state index contributed by atoms with van der Waals surface area (Å²) < 4.78 is 0. The van der Waals surface area contributed by atoms with Crippen LogP contribution in [0.1, 0.15) is 25.3 Å². The van der Waals surface area contributed by atoms with Crippen molar-refractivity contribution < 1.29 is 0 Å². The molecule has 0 amide bonds. The highest BCUT2D eigenvalue weighted by Crippen LogP contribution is 2.28.